The lowest BCUT2D eigenvalue weighted by Crippen LogP contribution is -2.39. The summed E-state index contributed by atoms with van der Waals surface area (Å²) in [5.74, 6) is 0.851. The van der Waals surface area contributed by atoms with Crippen molar-refractivity contribution in [2.45, 2.75) is 26.1 Å². The second-order valence-corrected chi connectivity index (χ2v) is 6.83. The van der Waals surface area contributed by atoms with Crippen molar-refractivity contribution in [3.8, 4) is 5.75 Å². The largest absolute Gasteiger partial charge is 0.497 e. The van der Waals surface area contributed by atoms with Gasteiger partial charge in [-0.25, -0.2) is 4.98 Å². The molecule has 2 aromatic heterocycles. The minimum Gasteiger partial charge on any atom is -0.497 e. The van der Waals surface area contributed by atoms with Gasteiger partial charge in [-0.05, 0) is 48.0 Å². The second-order valence-electron chi connectivity index (χ2n) is 6.44. The van der Waals surface area contributed by atoms with E-state index in [4.69, 9.17) is 17.0 Å². The quantitative estimate of drug-likeness (QED) is 0.562. The van der Waals surface area contributed by atoms with Gasteiger partial charge in [-0.2, -0.15) is 0 Å². The molecule has 0 radical (unpaired) electrons. The first-order valence-corrected chi connectivity index (χ1v) is 9.66. The molecule has 0 aliphatic rings. The Kier molecular flexibility index (Phi) is 7.37. The molecule has 146 valence electrons. The molecule has 0 fully saturated rings. The van der Waals surface area contributed by atoms with Gasteiger partial charge in [-0.15, -0.1) is 0 Å². The first-order valence-electron chi connectivity index (χ1n) is 9.25. The molecule has 3 rings (SSSR count). The number of rotatable bonds is 9. The SMILES string of the molecule is COc1ccc(CNC(=S)N(CCCn2ccnc2)Cc2cccnc2)cc1. The van der Waals surface area contributed by atoms with E-state index in [1.165, 1.54) is 0 Å². The van der Waals surface area contributed by atoms with E-state index in [1.54, 1.807) is 19.5 Å². The number of aromatic nitrogens is 3. The Hall–Kier alpha value is -2.93. The third-order valence-electron chi connectivity index (χ3n) is 4.39. The lowest BCUT2D eigenvalue weighted by atomic mass is 10.2. The maximum Gasteiger partial charge on any atom is 0.169 e. The Morgan fingerprint density at radius 2 is 2.00 bits per heavy atom. The van der Waals surface area contributed by atoms with Gasteiger partial charge < -0.3 is 19.5 Å². The third kappa shape index (κ3) is 6.06. The molecule has 0 bridgehead atoms. The van der Waals surface area contributed by atoms with E-state index in [1.807, 2.05) is 49.1 Å². The van der Waals surface area contributed by atoms with Crippen molar-refractivity contribution in [2.24, 2.45) is 0 Å². The summed E-state index contributed by atoms with van der Waals surface area (Å²) in [5, 5.41) is 4.12. The van der Waals surface area contributed by atoms with Crippen molar-refractivity contribution >= 4 is 17.3 Å². The summed E-state index contributed by atoms with van der Waals surface area (Å²) < 4.78 is 7.29. The van der Waals surface area contributed by atoms with Crippen molar-refractivity contribution in [3.63, 3.8) is 0 Å². The van der Waals surface area contributed by atoms with Crippen LogP contribution in [0.2, 0.25) is 0 Å². The maximum atomic E-state index is 5.69. The highest BCUT2D eigenvalue weighted by Crippen LogP contribution is 2.11. The minimum atomic E-state index is 0.674. The highest BCUT2D eigenvalue weighted by atomic mass is 32.1. The van der Waals surface area contributed by atoms with E-state index in [-0.39, 0.29) is 0 Å². The molecule has 0 aliphatic heterocycles. The number of pyridine rings is 1. The highest BCUT2D eigenvalue weighted by Gasteiger charge is 2.11. The molecular formula is C21H25N5OS. The van der Waals surface area contributed by atoms with Gasteiger partial charge in [0.25, 0.3) is 0 Å². The van der Waals surface area contributed by atoms with Crippen LogP contribution in [0.15, 0.2) is 67.5 Å². The fourth-order valence-corrected chi connectivity index (χ4v) is 3.09. The average molecular weight is 396 g/mol. The number of thiocarbonyl (C=S) groups is 1. The minimum absolute atomic E-state index is 0.674. The van der Waals surface area contributed by atoms with Gasteiger partial charge in [0.2, 0.25) is 0 Å². The van der Waals surface area contributed by atoms with E-state index < -0.39 is 0 Å². The molecule has 0 atom stereocenters. The van der Waals surface area contributed by atoms with Crippen molar-refractivity contribution in [1.29, 1.82) is 0 Å². The summed E-state index contributed by atoms with van der Waals surface area (Å²) in [6, 6.07) is 12.0. The molecule has 3 aromatic rings. The van der Waals surface area contributed by atoms with Gasteiger partial charge in [-0.1, -0.05) is 18.2 Å². The van der Waals surface area contributed by atoms with Crippen LogP contribution in [0.25, 0.3) is 0 Å². The lowest BCUT2D eigenvalue weighted by Gasteiger charge is -2.26. The van der Waals surface area contributed by atoms with Gasteiger partial charge >= 0.3 is 0 Å². The number of imidazole rings is 1. The summed E-state index contributed by atoms with van der Waals surface area (Å²) in [5.41, 5.74) is 2.29. The predicted molar refractivity (Wildman–Crippen MR) is 114 cm³/mol. The standard InChI is InChI=1S/C21H25N5OS/c1-27-20-7-5-18(6-8-20)15-24-21(28)26(16-19-4-2-9-22-14-19)12-3-11-25-13-10-23-17-25/h2,4-10,13-14,17H,3,11-12,15-16H2,1H3,(H,24,28). The Morgan fingerprint density at radius 1 is 1.14 bits per heavy atom. The molecule has 1 aromatic carbocycles. The van der Waals surface area contributed by atoms with E-state index in [2.05, 4.69) is 30.8 Å². The van der Waals surface area contributed by atoms with Crippen LogP contribution < -0.4 is 10.1 Å². The molecule has 28 heavy (non-hydrogen) atoms. The van der Waals surface area contributed by atoms with Crippen molar-refractivity contribution in [3.05, 3.63) is 78.6 Å². The summed E-state index contributed by atoms with van der Waals surface area (Å²) >= 11 is 5.69. The molecule has 0 saturated heterocycles. The van der Waals surface area contributed by atoms with Gasteiger partial charge in [0, 0.05) is 51.0 Å². The van der Waals surface area contributed by atoms with E-state index in [0.717, 1.165) is 48.0 Å². The monoisotopic (exact) mass is 395 g/mol. The normalized spacial score (nSPS) is 10.5. The fourth-order valence-electron chi connectivity index (χ4n) is 2.86. The summed E-state index contributed by atoms with van der Waals surface area (Å²) in [6.07, 6.45) is 10.3. The van der Waals surface area contributed by atoms with Crippen LogP contribution in [0.5, 0.6) is 5.75 Å². The van der Waals surface area contributed by atoms with Crippen LogP contribution in [0.1, 0.15) is 17.5 Å². The Bertz CT molecular complexity index is 837. The number of hydrogen-bond donors (Lipinski definition) is 1. The van der Waals surface area contributed by atoms with Crippen LogP contribution in [0.4, 0.5) is 0 Å². The summed E-state index contributed by atoms with van der Waals surface area (Å²) in [7, 11) is 1.67. The molecule has 1 N–H and O–H groups in total. The van der Waals surface area contributed by atoms with E-state index >= 15 is 0 Å². The van der Waals surface area contributed by atoms with Crippen molar-refractivity contribution in [2.75, 3.05) is 13.7 Å². The fraction of sp³-hybridized carbons (Fsp3) is 0.286. The Balaban J connectivity index is 1.57. The first-order chi connectivity index (χ1) is 13.7. The van der Waals surface area contributed by atoms with Crippen molar-refractivity contribution in [1.82, 2.24) is 24.8 Å². The molecule has 0 aliphatic carbocycles. The van der Waals surface area contributed by atoms with Gasteiger partial charge in [0.05, 0.1) is 13.4 Å². The molecule has 7 heteroatoms. The smallest absolute Gasteiger partial charge is 0.169 e. The molecule has 6 nitrogen and oxygen atoms in total. The van der Waals surface area contributed by atoms with E-state index in [0.29, 0.717) is 6.54 Å². The number of hydrogen-bond acceptors (Lipinski definition) is 4. The van der Waals surface area contributed by atoms with E-state index in [9.17, 15) is 0 Å². The molecule has 0 unspecified atom stereocenters. The zero-order valence-corrected chi connectivity index (χ0v) is 16.8. The van der Waals surface area contributed by atoms with Gasteiger partial charge in [0.15, 0.2) is 5.11 Å². The van der Waals surface area contributed by atoms with Crippen LogP contribution in [-0.2, 0) is 19.6 Å². The zero-order valence-electron chi connectivity index (χ0n) is 16.0. The van der Waals surface area contributed by atoms with Crippen LogP contribution >= 0.6 is 12.2 Å². The van der Waals surface area contributed by atoms with Gasteiger partial charge in [0.1, 0.15) is 5.75 Å². The van der Waals surface area contributed by atoms with Crippen LogP contribution in [0.3, 0.4) is 0 Å². The second kappa shape index (κ2) is 10.4. The number of methoxy groups -OCH3 is 1. The average Bonchev–Trinajstić information content (AvgIpc) is 3.26. The Morgan fingerprint density at radius 3 is 2.68 bits per heavy atom. The summed E-state index contributed by atoms with van der Waals surface area (Å²) in [6.45, 7) is 3.16. The van der Waals surface area contributed by atoms with Gasteiger partial charge in [-0.3, -0.25) is 4.98 Å². The molecule has 2 heterocycles. The number of aryl methyl sites for hydroxylation is 1. The molecule has 0 saturated carbocycles. The zero-order chi connectivity index (χ0) is 19.6. The topological polar surface area (TPSA) is 55.2 Å². The molecule has 0 spiro atoms. The number of nitrogens with one attached hydrogen (secondary N) is 1. The lowest BCUT2D eigenvalue weighted by molar-refractivity contribution is 0.384. The Labute approximate surface area is 171 Å². The molecule has 0 amide bonds. The highest BCUT2D eigenvalue weighted by molar-refractivity contribution is 7.80. The number of ether oxygens (including phenoxy) is 1. The van der Waals surface area contributed by atoms with Crippen LogP contribution in [-0.4, -0.2) is 38.2 Å². The predicted octanol–water partition coefficient (Wildman–Crippen LogP) is 3.25. The van der Waals surface area contributed by atoms with Crippen LogP contribution in [0, 0.1) is 0 Å². The van der Waals surface area contributed by atoms with Crippen molar-refractivity contribution < 1.29 is 4.74 Å². The maximum absolute atomic E-state index is 5.69. The number of nitrogens with zero attached hydrogens (tertiary/aromatic N) is 4. The summed E-state index contributed by atoms with van der Waals surface area (Å²) in [4.78, 5) is 10.5. The third-order valence-corrected chi connectivity index (χ3v) is 4.79. The first kappa shape index (κ1) is 19.8. The number of benzene rings is 1. The molecular weight excluding hydrogens is 370 g/mol.